The zero-order valence-corrected chi connectivity index (χ0v) is 33.1. The molecule has 0 aliphatic heterocycles. The molecule has 0 aromatic heterocycles. The standard InChI is InChI=1S/C47H62N2O5/c1-5-7-9-10-11-12-13-14-15-16-17-18-19-20-21-22-23-29-46(51)53-34-35-54-47(52)36-44(39(3)4)49(45(50)28-8-6-2)38-40-30-32-41(33-31-40)43-27-25-24-26-42(43)37-48/h7,9,11-12,14-15,17-18,20-21,24-27,30-33,39,44H,5-6,8,10,13,16,19,22-23,28-29,34-36,38H2,1-4H3/b9-7-,12-11-,15-14-,18-17-,21-20-/t44-/m1/s1. The Morgan fingerprint density at radius 2 is 1.30 bits per heavy atom. The number of esters is 2. The van der Waals surface area contributed by atoms with Crippen molar-refractivity contribution in [3.8, 4) is 17.2 Å². The number of unbranched alkanes of at least 4 members (excludes halogenated alkanes) is 2. The van der Waals surface area contributed by atoms with E-state index in [9.17, 15) is 19.6 Å². The van der Waals surface area contributed by atoms with Gasteiger partial charge in [-0.05, 0) is 80.0 Å². The van der Waals surface area contributed by atoms with E-state index >= 15 is 0 Å². The third-order valence-electron chi connectivity index (χ3n) is 8.79. The van der Waals surface area contributed by atoms with E-state index in [-0.39, 0.29) is 43.5 Å². The minimum absolute atomic E-state index is 0.000708. The van der Waals surface area contributed by atoms with Crippen LogP contribution < -0.4 is 0 Å². The quantitative estimate of drug-likeness (QED) is 0.0542. The first-order valence-electron chi connectivity index (χ1n) is 19.7. The Labute approximate surface area is 325 Å². The number of rotatable bonds is 26. The van der Waals surface area contributed by atoms with Gasteiger partial charge in [-0.15, -0.1) is 0 Å². The van der Waals surface area contributed by atoms with Crippen molar-refractivity contribution in [1.82, 2.24) is 4.90 Å². The van der Waals surface area contributed by atoms with Crippen LogP contribution in [0.2, 0.25) is 0 Å². The van der Waals surface area contributed by atoms with Crippen molar-refractivity contribution >= 4 is 17.8 Å². The van der Waals surface area contributed by atoms with E-state index in [1.165, 1.54) is 0 Å². The second kappa shape index (κ2) is 28.5. The zero-order chi connectivity index (χ0) is 39.2. The fourth-order valence-electron chi connectivity index (χ4n) is 5.73. The first kappa shape index (κ1) is 45.2. The van der Waals surface area contributed by atoms with E-state index in [0.29, 0.717) is 31.4 Å². The first-order chi connectivity index (χ1) is 26.3. The number of benzene rings is 2. The fraction of sp³-hybridized carbons (Fsp3) is 0.447. The van der Waals surface area contributed by atoms with Crippen LogP contribution in [0.5, 0.6) is 0 Å². The second-order valence-corrected chi connectivity index (χ2v) is 13.5. The molecule has 7 nitrogen and oxygen atoms in total. The summed E-state index contributed by atoms with van der Waals surface area (Å²) in [5.74, 6) is -0.736. The summed E-state index contributed by atoms with van der Waals surface area (Å²) in [5, 5.41) is 9.51. The highest BCUT2D eigenvalue weighted by atomic mass is 16.6. The van der Waals surface area contributed by atoms with Gasteiger partial charge in [0.15, 0.2) is 0 Å². The van der Waals surface area contributed by atoms with Crippen LogP contribution in [0.3, 0.4) is 0 Å². The summed E-state index contributed by atoms with van der Waals surface area (Å²) in [6.45, 7) is 8.52. The van der Waals surface area contributed by atoms with Crippen LogP contribution in [0.15, 0.2) is 109 Å². The lowest BCUT2D eigenvalue weighted by molar-refractivity contribution is -0.154. The molecule has 0 aliphatic carbocycles. The summed E-state index contributed by atoms with van der Waals surface area (Å²) in [5.41, 5.74) is 3.32. The highest BCUT2D eigenvalue weighted by Crippen LogP contribution is 2.26. The monoisotopic (exact) mass is 734 g/mol. The number of amides is 1. The molecule has 2 rings (SSSR count). The van der Waals surface area contributed by atoms with Gasteiger partial charge in [0, 0.05) is 25.4 Å². The molecule has 0 bridgehead atoms. The molecule has 0 fully saturated rings. The van der Waals surface area contributed by atoms with E-state index in [1.54, 1.807) is 11.0 Å². The molecule has 2 aromatic carbocycles. The third-order valence-corrected chi connectivity index (χ3v) is 8.79. The van der Waals surface area contributed by atoms with Gasteiger partial charge >= 0.3 is 11.9 Å². The van der Waals surface area contributed by atoms with E-state index in [0.717, 1.165) is 68.1 Å². The van der Waals surface area contributed by atoms with Gasteiger partial charge in [0.2, 0.25) is 5.91 Å². The zero-order valence-electron chi connectivity index (χ0n) is 33.1. The molecule has 2 aromatic rings. The summed E-state index contributed by atoms with van der Waals surface area (Å²) in [4.78, 5) is 40.4. The van der Waals surface area contributed by atoms with Gasteiger partial charge in [-0.1, -0.05) is 137 Å². The van der Waals surface area contributed by atoms with Crippen molar-refractivity contribution in [3.05, 3.63) is 120 Å². The molecule has 290 valence electrons. The predicted molar refractivity (Wildman–Crippen MR) is 220 cm³/mol. The normalized spacial score (nSPS) is 12.4. The Kier molecular flexibility index (Phi) is 23.9. The van der Waals surface area contributed by atoms with Crippen molar-refractivity contribution in [1.29, 1.82) is 5.26 Å². The molecule has 0 unspecified atom stereocenters. The lowest BCUT2D eigenvalue weighted by Crippen LogP contribution is -2.44. The number of hydrogen-bond acceptors (Lipinski definition) is 6. The maximum Gasteiger partial charge on any atom is 0.308 e. The summed E-state index contributed by atoms with van der Waals surface area (Å²) < 4.78 is 10.7. The molecule has 1 amide bonds. The predicted octanol–water partition coefficient (Wildman–Crippen LogP) is 11.2. The molecule has 0 radical (unpaired) electrons. The molecule has 0 saturated carbocycles. The molecule has 0 heterocycles. The molecule has 7 heteroatoms. The molecular weight excluding hydrogens is 673 g/mol. The smallest absolute Gasteiger partial charge is 0.308 e. The first-order valence-corrected chi connectivity index (χ1v) is 19.7. The maximum absolute atomic E-state index is 13.5. The van der Waals surface area contributed by atoms with Gasteiger partial charge in [-0.25, -0.2) is 0 Å². The van der Waals surface area contributed by atoms with E-state index < -0.39 is 5.97 Å². The molecule has 1 atom stereocenters. The van der Waals surface area contributed by atoms with Gasteiger partial charge in [0.1, 0.15) is 13.2 Å². The van der Waals surface area contributed by atoms with Crippen LogP contribution in [-0.2, 0) is 30.4 Å². The SMILES string of the molecule is CC/C=C\C/C=C\C/C=C\C/C=C\C/C=C\CCCC(=O)OCCOC(=O)C[C@H](C(C)C)N(Cc1ccc(-c2ccccc2C#N)cc1)C(=O)CCCC. The highest BCUT2D eigenvalue weighted by molar-refractivity contribution is 5.78. The highest BCUT2D eigenvalue weighted by Gasteiger charge is 2.29. The minimum atomic E-state index is -0.431. The largest absolute Gasteiger partial charge is 0.462 e. The number of hydrogen-bond donors (Lipinski definition) is 0. The minimum Gasteiger partial charge on any atom is -0.462 e. The third kappa shape index (κ3) is 19.2. The number of nitrogens with zero attached hydrogens (tertiary/aromatic N) is 2. The summed E-state index contributed by atoms with van der Waals surface area (Å²) in [6.07, 6.45) is 30.3. The Hall–Kier alpha value is -4.96. The molecule has 0 saturated heterocycles. The average molecular weight is 735 g/mol. The number of carbonyl (C=O) groups is 3. The van der Waals surface area contributed by atoms with Gasteiger partial charge in [0.25, 0.3) is 0 Å². The molecule has 54 heavy (non-hydrogen) atoms. The number of nitriles is 1. The van der Waals surface area contributed by atoms with Crippen molar-refractivity contribution < 1.29 is 23.9 Å². The summed E-state index contributed by atoms with van der Waals surface area (Å²) >= 11 is 0. The summed E-state index contributed by atoms with van der Waals surface area (Å²) in [7, 11) is 0. The van der Waals surface area contributed by atoms with E-state index in [4.69, 9.17) is 9.47 Å². The van der Waals surface area contributed by atoms with Crippen molar-refractivity contribution in [2.45, 2.75) is 117 Å². The number of allylic oxidation sites excluding steroid dienone is 10. The van der Waals surface area contributed by atoms with Crippen LogP contribution in [-0.4, -0.2) is 42.0 Å². The maximum atomic E-state index is 13.5. The Balaban J connectivity index is 1.74. The second-order valence-electron chi connectivity index (χ2n) is 13.5. The van der Waals surface area contributed by atoms with Crippen LogP contribution >= 0.6 is 0 Å². The van der Waals surface area contributed by atoms with Gasteiger partial charge in [-0.3, -0.25) is 14.4 Å². The van der Waals surface area contributed by atoms with Crippen LogP contribution in [0.4, 0.5) is 0 Å². The van der Waals surface area contributed by atoms with Gasteiger partial charge in [0.05, 0.1) is 18.1 Å². The van der Waals surface area contributed by atoms with E-state index in [1.807, 2.05) is 63.2 Å². The molecular formula is C47H62N2O5. The number of ether oxygens (including phenoxy) is 2. The molecule has 0 aliphatic rings. The molecule has 0 spiro atoms. The van der Waals surface area contributed by atoms with Crippen LogP contribution in [0.25, 0.3) is 11.1 Å². The van der Waals surface area contributed by atoms with Crippen molar-refractivity contribution in [2.75, 3.05) is 13.2 Å². The van der Waals surface area contributed by atoms with Gasteiger partial charge in [-0.2, -0.15) is 5.26 Å². The van der Waals surface area contributed by atoms with Crippen molar-refractivity contribution in [2.24, 2.45) is 5.92 Å². The Morgan fingerprint density at radius 3 is 1.87 bits per heavy atom. The van der Waals surface area contributed by atoms with Gasteiger partial charge < -0.3 is 14.4 Å². The topological polar surface area (TPSA) is 96.7 Å². The fourth-order valence-corrected chi connectivity index (χ4v) is 5.73. The Bertz CT molecular complexity index is 1580. The molecule has 0 N–H and O–H groups in total. The lowest BCUT2D eigenvalue weighted by Gasteiger charge is -2.34. The lowest BCUT2D eigenvalue weighted by atomic mass is 9.96. The van der Waals surface area contributed by atoms with E-state index in [2.05, 4.69) is 73.8 Å². The average Bonchev–Trinajstić information content (AvgIpc) is 3.18. The van der Waals surface area contributed by atoms with Crippen LogP contribution in [0, 0.1) is 17.2 Å². The number of carbonyl (C=O) groups excluding carboxylic acids is 3. The summed E-state index contributed by atoms with van der Waals surface area (Å²) in [6, 6.07) is 17.2. The van der Waals surface area contributed by atoms with Crippen molar-refractivity contribution in [3.63, 3.8) is 0 Å². The van der Waals surface area contributed by atoms with Crippen LogP contribution in [0.1, 0.15) is 116 Å². The Morgan fingerprint density at radius 1 is 0.722 bits per heavy atom.